The number of amides is 4. The van der Waals surface area contributed by atoms with E-state index in [-0.39, 0.29) is 11.3 Å². The highest BCUT2D eigenvalue weighted by molar-refractivity contribution is 6.15. The van der Waals surface area contributed by atoms with Crippen LogP contribution in [0.1, 0.15) is 15.9 Å². The maximum Gasteiger partial charge on any atom is 0.335 e. The van der Waals surface area contributed by atoms with E-state index >= 15 is 0 Å². The third-order valence-corrected chi connectivity index (χ3v) is 4.11. The van der Waals surface area contributed by atoms with Crippen LogP contribution in [0.3, 0.4) is 0 Å². The van der Waals surface area contributed by atoms with Crippen LogP contribution in [0.15, 0.2) is 54.2 Å². The summed E-state index contributed by atoms with van der Waals surface area (Å²) in [6, 6.07) is 11.7. The van der Waals surface area contributed by atoms with Crippen molar-refractivity contribution < 1.29 is 29.0 Å². The predicted octanol–water partition coefficient (Wildman–Crippen LogP) is 1.92. The fraction of sp³-hybridized carbons (Fsp3) is 0.100. The summed E-state index contributed by atoms with van der Waals surface area (Å²) in [7, 11) is 1.54. The van der Waals surface area contributed by atoms with Crippen LogP contribution >= 0.6 is 0 Å². The second-order valence-electron chi connectivity index (χ2n) is 6.08. The molecule has 0 aliphatic carbocycles. The second-order valence-corrected chi connectivity index (χ2v) is 6.08. The van der Waals surface area contributed by atoms with Gasteiger partial charge in [-0.3, -0.25) is 9.59 Å². The number of aromatic carboxylic acids is 1. The predicted molar refractivity (Wildman–Crippen MR) is 103 cm³/mol. The minimum absolute atomic E-state index is 0.0544. The van der Waals surface area contributed by atoms with Gasteiger partial charge in [0.25, 0.3) is 5.91 Å². The number of urea groups is 1. The van der Waals surface area contributed by atoms with Crippen LogP contribution in [-0.4, -0.2) is 47.5 Å². The van der Waals surface area contributed by atoms with Crippen LogP contribution in [0, 0.1) is 0 Å². The number of carboxylic acid groups (broad SMARTS) is 1. The first-order chi connectivity index (χ1) is 13.9. The van der Waals surface area contributed by atoms with Crippen LogP contribution in [-0.2, 0) is 9.59 Å². The van der Waals surface area contributed by atoms with Gasteiger partial charge in [-0.05, 0) is 48.0 Å². The second kappa shape index (κ2) is 8.26. The topological polar surface area (TPSA) is 125 Å². The quantitative estimate of drug-likeness (QED) is 0.507. The molecule has 1 heterocycles. The summed E-state index contributed by atoms with van der Waals surface area (Å²) in [5, 5.41) is 13.8. The van der Waals surface area contributed by atoms with Gasteiger partial charge in [-0.25, -0.2) is 14.5 Å². The molecule has 0 bridgehead atoms. The van der Waals surface area contributed by atoms with Gasteiger partial charge in [0.2, 0.25) is 5.91 Å². The third-order valence-electron chi connectivity index (χ3n) is 4.11. The molecule has 1 aliphatic rings. The van der Waals surface area contributed by atoms with E-state index in [9.17, 15) is 19.2 Å². The molecule has 3 rings (SSSR count). The number of hydrogen-bond donors (Lipinski definition) is 3. The van der Waals surface area contributed by atoms with E-state index in [4.69, 9.17) is 9.84 Å². The number of rotatable bonds is 6. The van der Waals surface area contributed by atoms with Crippen molar-refractivity contribution in [2.75, 3.05) is 19.0 Å². The molecule has 0 spiro atoms. The van der Waals surface area contributed by atoms with Crippen molar-refractivity contribution >= 4 is 35.6 Å². The molecule has 148 valence electrons. The summed E-state index contributed by atoms with van der Waals surface area (Å²) in [5.74, 6) is -1.65. The molecule has 0 aromatic heterocycles. The van der Waals surface area contributed by atoms with E-state index < -0.39 is 30.4 Å². The van der Waals surface area contributed by atoms with Gasteiger partial charge < -0.3 is 20.5 Å². The number of ether oxygens (including phenoxy) is 1. The number of benzene rings is 2. The van der Waals surface area contributed by atoms with Gasteiger partial charge in [-0.2, -0.15) is 0 Å². The highest BCUT2D eigenvalue weighted by Gasteiger charge is 2.34. The monoisotopic (exact) mass is 395 g/mol. The van der Waals surface area contributed by atoms with Crippen molar-refractivity contribution in [3.05, 3.63) is 65.4 Å². The van der Waals surface area contributed by atoms with Gasteiger partial charge in [0.1, 0.15) is 18.0 Å². The summed E-state index contributed by atoms with van der Waals surface area (Å²) in [5.41, 5.74) is 1.16. The Balaban J connectivity index is 1.65. The Morgan fingerprint density at radius 2 is 1.76 bits per heavy atom. The Morgan fingerprint density at radius 1 is 1.10 bits per heavy atom. The fourth-order valence-electron chi connectivity index (χ4n) is 2.62. The summed E-state index contributed by atoms with van der Waals surface area (Å²) in [6.07, 6.45) is 1.50. The van der Waals surface area contributed by atoms with Gasteiger partial charge in [0.15, 0.2) is 0 Å². The molecule has 3 N–H and O–H groups in total. The summed E-state index contributed by atoms with van der Waals surface area (Å²) in [4.78, 5) is 48.3. The van der Waals surface area contributed by atoms with E-state index in [0.29, 0.717) is 17.0 Å². The summed E-state index contributed by atoms with van der Waals surface area (Å²) < 4.78 is 5.07. The number of methoxy groups -OCH3 is 1. The number of hydrogen-bond acceptors (Lipinski definition) is 5. The van der Waals surface area contributed by atoms with Crippen LogP contribution in [0.25, 0.3) is 6.08 Å². The van der Waals surface area contributed by atoms with Crippen LogP contribution in [0.5, 0.6) is 5.75 Å². The first-order valence-electron chi connectivity index (χ1n) is 8.49. The molecule has 1 aliphatic heterocycles. The minimum atomic E-state index is -1.08. The van der Waals surface area contributed by atoms with Crippen molar-refractivity contribution in [2.45, 2.75) is 0 Å². The lowest BCUT2D eigenvalue weighted by Gasteiger charge is -2.12. The number of nitrogens with zero attached hydrogens (tertiary/aromatic N) is 1. The van der Waals surface area contributed by atoms with Gasteiger partial charge in [-0.1, -0.05) is 12.1 Å². The standard InChI is InChI=1S/C20H17N3O6/c1-29-15-8-2-12(3-9-15)10-16-18(25)23(20(28)22-16)11-17(24)21-14-6-4-13(5-7-14)19(26)27/h2-10H,11H2,1H3,(H,21,24)(H,22,28)(H,26,27)/b16-10-. The zero-order valence-corrected chi connectivity index (χ0v) is 15.3. The lowest BCUT2D eigenvalue weighted by Crippen LogP contribution is -2.38. The van der Waals surface area contributed by atoms with Gasteiger partial charge in [-0.15, -0.1) is 0 Å². The first kappa shape index (κ1) is 19.6. The van der Waals surface area contributed by atoms with Crippen LogP contribution in [0.4, 0.5) is 10.5 Å². The molecule has 9 heteroatoms. The number of nitrogens with one attached hydrogen (secondary N) is 2. The smallest absolute Gasteiger partial charge is 0.335 e. The Kier molecular flexibility index (Phi) is 5.59. The molecule has 0 radical (unpaired) electrons. The molecule has 2 aromatic carbocycles. The van der Waals surface area contributed by atoms with Crippen molar-refractivity contribution in [3.63, 3.8) is 0 Å². The lowest BCUT2D eigenvalue weighted by atomic mass is 10.2. The Hall–Kier alpha value is -4.14. The van der Waals surface area contributed by atoms with Gasteiger partial charge in [0, 0.05) is 5.69 Å². The highest BCUT2D eigenvalue weighted by Crippen LogP contribution is 2.17. The average Bonchev–Trinajstić information content (AvgIpc) is 2.96. The number of anilines is 1. The maximum atomic E-state index is 12.5. The molecule has 9 nitrogen and oxygen atoms in total. The maximum absolute atomic E-state index is 12.5. The number of carbonyl (C=O) groups excluding carboxylic acids is 3. The fourth-order valence-corrected chi connectivity index (χ4v) is 2.62. The molecule has 1 saturated heterocycles. The van der Waals surface area contributed by atoms with E-state index in [1.165, 1.54) is 37.5 Å². The summed E-state index contributed by atoms with van der Waals surface area (Å²) >= 11 is 0. The Bertz CT molecular complexity index is 996. The minimum Gasteiger partial charge on any atom is -0.497 e. The Labute approximate surface area is 165 Å². The highest BCUT2D eigenvalue weighted by atomic mass is 16.5. The first-order valence-corrected chi connectivity index (χ1v) is 8.49. The van der Waals surface area contributed by atoms with Crippen molar-refractivity contribution in [1.29, 1.82) is 0 Å². The molecular formula is C20H17N3O6. The summed E-state index contributed by atoms with van der Waals surface area (Å²) in [6.45, 7) is -0.481. The molecule has 29 heavy (non-hydrogen) atoms. The normalized spacial score (nSPS) is 14.7. The SMILES string of the molecule is COc1ccc(/C=C2\NC(=O)N(CC(=O)Nc3ccc(C(=O)O)cc3)C2=O)cc1. The zero-order chi connectivity index (χ0) is 21.0. The van der Waals surface area contributed by atoms with Crippen molar-refractivity contribution in [1.82, 2.24) is 10.2 Å². The van der Waals surface area contributed by atoms with Crippen LogP contribution < -0.4 is 15.4 Å². The molecule has 0 saturated carbocycles. The van der Waals surface area contributed by atoms with E-state index in [2.05, 4.69) is 10.6 Å². The van der Waals surface area contributed by atoms with Crippen LogP contribution in [0.2, 0.25) is 0 Å². The van der Waals surface area contributed by atoms with Crippen molar-refractivity contribution in [2.24, 2.45) is 0 Å². The largest absolute Gasteiger partial charge is 0.497 e. The van der Waals surface area contributed by atoms with Gasteiger partial charge in [0.05, 0.1) is 12.7 Å². The average molecular weight is 395 g/mol. The molecule has 2 aromatic rings. The Morgan fingerprint density at radius 3 is 2.34 bits per heavy atom. The molecular weight excluding hydrogens is 378 g/mol. The molecule has 4 amide bonds. The molecule has 0 unspecified atom stereocenters. The third kappa shape index (κ3) is 4.59. The zero-order valence-electron chi connectivity index (χ0n) is 15.3. The number of carboxylic acids is 1. The number of carbonyl (C=O) groups is 4. The number of imide groups is 1. The van der Waals surface area contributed by atoms with Crippen molar-refractivity contribution in [3.8, 4) is 5.75 Å². The lowest BCUT2D eigenvalue weighted by molar-refractivity contribution is -0.127. The van der Waals surface area contributed by atoms with Gasteiger partial charge >= 0.3 is 12.0 Å². The van der Waals surface area contributed by atoms with E-state index in [1.54, 1.807) is 24.3 Å². The molecule has 1 fully saturated rings. The van der Waals surface area contributed by atoms with E-state index in [0.717, 1.165) is 4.90 Å². The van der Waals surface area contributed by atoms with E-state index in [1.807, 2.05) is 0 Å². The molecule has 0 atom stereocenters.